The van der Waals surface area contributed by atoms with E-state index in [1.54, 1.807) is 17.5 Å². The number of hydrogen-bond donors (Lipinski definition) is 0. The molecule has 0 spiro atoms. The Kier molecular flexibility index (Phi) is 3.69. The van der Waals surface area contributed by atoms with Crippen molar-refractivity contribution in [3.05, 3.63) is 21.6 Å². The minimum absolute atomic E-state index is 0.202. The van der Waals surface area contributed by atoms with E-state index in [2.05, 4.69) is 15.2 Å². The highest BCUT2D eigenvalue weighted by Gasteiger charge is 2.26. The van der Waals surface area contributed by atoms with Gasteiger partial charge in [0.2, 0.25) is 5.13 Å². The second-order valence-corrected chi connectivity index (χ2v) is 6.29. The molecule has 2 aromatic heterocycles. The summed E-state index contributed by atoms with van der Waals surface area (Å²) >= 11 is 2.63. The van der Waals surface area contributed by atoms with Gasteiger partial charge in [-0.05, 0) is 12.8 Å². The molecule has 0 bridgehead atoms. The van der Waals surface area contributed by atoms with Crippen LogP contribution in [0, 0.1) is 0 Å². The van der Waals surface area contributed by atoms with Crippen molar-refractivity contribution in [2.75, 3.05) is 18.0 Å². The largest absolute Gasteiger partial charge is 0.346 e. The zero-order valence-electron chi connectivity index (χ0n) is 10.00. The number of alkyl halides is 2. The van der Waals surface area contributed by atoms with Gasteiger partial charge in [-0.15, -0.1) is 21.5 Å². The lowest BCUT2D eigenvalue weighted by molar-refractivity contribution is 0.150. The first-order valence-corrected chi connectivity index (χ1v) is 7.69. The van der Waals surface area contributed by atoms with Gasteiger partial charge in [0.25, 0.3) is 6.43 Å². The summed E-state index contributed by atoms with van der Waals surface area (Å²) in [5.41, 5.74) is 0. The van der Waals surface area contributed by atoms with E-state index in [4.69, 9.17) is 0 Å². The molecule has 0 amide bonds. The van der Waals surface area contributed by atoms with E-state index in [1.165, 1.54) is 0 Å². The Labute approximate surface area is 117 Å². The van der Waals surface area contributed by atoms with Crippen molar-refractivity contribution in [3.8, 4) is 0 Å². The van der Waals surface area contributed by atoms with Gasteiger partial charge in [0, 0.05) is 30.6 Å². The SMILES string of the molecule is FC(F)c1nnc(N2CCCC(c3nccs3)C2)s1. The van der Waals surface area contributed by atoms with Crippen LogP contribution >= 0.6 is 22.7 Å². The van der Waals surface area contributed by atoms with Crippen LogP contribution < -0.4 is 4.90 Å². The van der Waals surface area contributed by atoms with E-state index in [0.717, 1.165) is 42.3 Å². The number of piperidine rings is 1. The quantitative estimate of drug-likeness (QED) is 0.872. The molecule has 0 aromatic carbocycles. The van der Waals surface area contributed by atoms with E-state index in [1.807, 2.05) is 10.3 Å². The fraction of sp³-hybridized carbons (Fsp3) is 0.545. The monoisotopic (exact) mass is 302 g/mol. The molecule has 0 aliphatic carbocycles. The third-order valence-electron chi connectivity index (χ3n) is 3.11. The molecule has 8 heteroatoms. The normalized spacial score (nSPS) is 20.2. The molecule has 0 saturated carbocycles. The number of nitrogens with zero attached hydrogens (tertiary/aromatic N) is 4. The molecule has 0 radical (unpaired) electrons. The Bertz CT molecular complexity index is 529. The predicted octanol–water partition coefficient (Wildman–Crippen LogP) is 3.32. The topological polar surface area (TPSA) is 41.9 Å². The highest BCUT2D eigenvalue weighted by atomic mass is 32.1. The maximum atomic E-state index is 12.5. The maximum Gasteiger partial charge on any atom is 0.291 e. The number of thiazole rings is 1. The lowest BCUT2D eigenvalue weighted by Crippen LogP contribution is -2.34. The summed E-state index contributed by atoms with van der Waals surface area (Å²) in [5, 5.41) is 10.9. The maximum absolute atomic E-state index is 12.5. The van der Waals surface area contributed by atoms with Gasteiger partial charge in [0.05, 0.1) is 5.01 Å². The summed E-state index contributed by atoms with van der Waals surface area (Å²) < 4.78 is 25.1. The van der Waals surface area contributed by atoms with E-state index >= 15 is 0 Å². The Hall–Kier alpha value is -1.15. The molecule has 2 aromatic rings. The number of aromatic nitrogens is 3. The minimum Gasteiger partial charge on any atom is -0.346 e. The number of halogens is 2. The molecule has 1 atom stereocenters. The Balaban J connectivity index is 1.74. The summed E-state index contributed by atoms with van der Waals surface area (Å²) in [7, 11) is 0. The molecule has 1 saturated heterocycles. The molecule has 4 nitrogen and oxygen atoms in total. The second kappa shape index (κ2) is 5.46. The molecule has 3 rings (SSSR count). The molecule has 1 aliphatic heterocycles. The van der Waals surface area contributed by atoms with Gasteiger partial charge in [-0.1, -0.05) is 11.3 Å². The van der Waals surface area contributed by atoms with Crippen LogP contribution in [0.5, 0.6) is 0 Å². The summed E-state index contributed by atoms with van der Waals surface area (Å²) in [6.45, 7) is 1.63. The summed E-state index contributed by atoms with van der Waals surface area (Å²) in [4.78, 5) is 6.38. The molecular weight excluding hydrogens is 290 g/mol. The second-order valence-electron chi connectivity index (χ2n) is 4.38. The first-order valence-electron chi connectivity index (χ1n) is 6.00. The van der Waals surface area contributed by atoms with E-state index in [-0.39, 0.29) is 5.01 Å². The van der Waals surface area contributed by atoms with Crippen molar-refractivity contribution in [2.45, 2.75) is 25.2 Å². The first-order chi connectivity index (χ1) is 9.24. The summed E-state index contributed by atoms with van der Waals surface area (Å²) in [6, 6.07) is 0. The van der Waals surface area contributed by atoms with Gasteiger partial charge in [0.15, 0.2) is 5.01 Å². The molecular formula is C11H12F2N4S2. The van der Waals surface area contributed by atoms with Crippen LogP contribution in [0.25, 0.3) is 0 Å². The van der Waals surface area contributed by atoms with Crippen LogP contribution in [-0.4, -0.2) is 28.3 Å². The Morgan fingerprint density at radius 1 is 1.37 bits per heavy atom. The molecule has 0 N–H and O–H groups in total. The minimum atomic E-state index is -2.54. The van der Waals surface area contributed by atoms with Gasteiger partial charge in [-0.25, -0.2) is 13.8 Å². The third kappa shape index (κ3) is 2.74. The number of anilines is 1. The predicted molar refractivity (Wildman–Crippen MR) is 71.2 cm³/mol. The van der Waals surface area contributed by atoms with Gasteiger partial charge in [-0.2, -0.15) is 0 Å². The highest BCUT2D eigenvalue weighted by molar-refractivity contribution is 7.15. The van der Waals surface area contributed by atoms with Crippen LogP contribution in [0.15, 0.2) is 11.6 Å². The summed E-state index contributed by atoms with van der Waals surface area (Å²) in [5.74, 6) is 0.368. The lowest BCUT2D eigenvalue weighted by atomic mass is 9.99. The van der Waals surface area contributed by atoms with Crippen molar-refractivity contribution in [1.29, 1.82) is 0 Å². The summed E-state index contributed by atoms with van der Waals surface area (Å²) in [6.07, 6.45) is 1.38. The van der Waals surface area contributed by atoms with Gasteiger partial charge >= 0.3 is 0 Å². The fourth-order valence-electron chi connectivity index (χ4n) is 2.23. The fourth-order valence-corrected chi connectivity index (χ4v) is 3.73. The van der Waals surface area contributed by atoms with Crippen LogP contribution in [0.1, 0.15) is 35.2 Å². The van der Waals surface area contributed by atoms with Crippen LogP contribution in [-0.2, 0) is 0 Å². The van der Waals surface area contributed by atoms with Crippen LogP contribution in [0.3, 0.4) is 0 Å². The van der Waals surface area contributed by atoms with Gasteiger partial charge in [-0.3, -0.25) is 0 Å². The molecule has 1 unspecified atom stereocenters. The smallest absolute Gasteiger partial charge is 0.291 e. The lowest BCUT2D eigenvalue weighted by Gasteiger charge is -2.31. The average Bonchev–Trinajstić information content (AvgIpc) is 3.10. The molecule has 1 aliphatic rings. The van der Waals surface area contributed by atoms with Crippen LogP contribution in [0.2, 0.25) is 0 Å². The van der Waals surface area contributed by atoms with Crippen molar-refractivity contribution in [2.24, 2.45) is 0 Å². The molecule has 1 fully saturated rings. The van der Waals surface area contributed by atoms with E-state index in [9.17, 15) is 8.78 Å². The first kappa shape index (κ1) is 12.9. The number of hydrogen-bond acceptors (Lipinski definition) is 6. The zero-order chi connectivity index (χ0) is 13.2. The van der Waals surface area contributed by atoms with Crippen molar-refractivity contribution in [1.82, 2.24) is 15.2 Å². The zero-order valence-corrected chi connectivity index (χ0v) is 11.6. The Morgan fingerprint density at radius 3 is 2.95 bits per heavy atom. The van der Waals surface area contributed by atoms with E-state index < -0.39 is 6.43 Å². The van der Waals surface area contributed by atoms with Gasteiger partial charge in [0.1, 0.15) is 0 Å². The Morgan fingerprint density at radius 2 is 2.26 bits per heavy atom. The highest BCUT2D eigenvalue weighted by Crippen LogP contribution is 2.33. The number of rotatable bonds is 3. The molecule has 3 heterocycles. The van der Waals surface area contributed by atoms with Crippen molar-refractivity contribution < 1.29 is 8.78 Å². The molecule has 19 heavy (non-hydrogen) atoms. The molecule has 102 valence electrons. The third-order valence-corrected chi connectivity index (χ3v) is 5.04. The standard InChI is InChI=1S/C11H12F2N4S2/c12-8(13)10-15-16-11(19-10)17-4-1-2-7(6-17)9-14-3-5-18-9/h3,5,7-8H,1-2,4,6H2. The van der Waals surface area contributed by atoms with E-state index in [0.29, 0.717) is 11.0 Å². The average molecular weight is 302 g/mol. The van der Waals surface area contributed by atoms with Gasteiger partial charge < -0.3 is 4.90 Å². The van der Waals surface area contributed by atoms with Crippen molar-refractivity contribution in [3.63, 3.8) is 0 Å². The van der Waals surface area contributed by atoms with Crippen molar-refractivity contribution >= 4 is 27.8 Å². The van der Waals surface area contributed by atoms with Crippen LogP contribution in [0.4, 0.5) is 13.9 Å².